The average Bonchev–Trinajstić information content (AvgIpc) is 3.43. The molecule has 2 amide bonds. The summed E-state index contributed by atoms with van der Waals surface area (Å²) >= 11 is 0. The maximum absolute atomic E-state index is 13.9. The molecule has 0 unspecified atom stereocenters. The highest BCUT2D eigenvalue weighted by Crippen LogP contribution is 2.37. The third-order valence-corrected chi connectivity index (χ3v) is 6.26. The van der Waals surface area contributed by atoms with Crippen molar-refractivity contribution in [1.29, 1.82) is 0 Å². The summed E-state index contributed by atoms with van der Waals surface area (Å²) in [5, 5.41) is 3.21. The molecular formula is C28H32N2O5. The van der Waals surface area contributed by atoms with Crippen LogP contribution in [0.15, 0.2) is 71.3 Å². The second-order valence-corrected chi connectivity index (χ2v) is 8.57. The van der Waals surface area contributed by atoms with Crippen LogP contribution in [0.4, 0.5) is 5.69 Å². The first kappa shape index (κ1) is 24.4. The Bertz CT molecular complexity index is 1100. The quantitative estimate of drug-likeness (QED) is 0.440. The summed E-state index contributed by atoms with van der Waals surface area (Å²) in [5.74, 6) is 0.638. The number of benzene rings is 2. The Hall–Kier alpha value is -3.74. The Morgan fingerprint density at radius 2 is 1.77 bits per heavy atom. The van der Waals surface area contributed by atoms with Gasteiger partial charge >= 0.3 is 0 Å². The zero-order chi connectivity index (χ0) is 24.6. The Balaban J connectivity index is 1.81. The van der Waals surface area contributed by atoms with E-state index in [1.807, 2.05) is 43.3 Å². The maximum atomic E-state index is 13.9. The van der Waals surface area contributed by atoms with E-state index < -0.39 is 11.9 Å². The van der Waals surface area contributed by atoms with Crippen molar-refractivity contribution in [3.05, 3.63) is 78.3 Å². The summed E-state index contributed by atoms with van der Waals surface area (Å²) in [5.41, 5.74) is 1.14. The first-order valence-electron chi connectivity index (χ1n) is 12.2. The molecule has 0 saturated heterocycles. The van der Waals surface area contributed by atoms with Gasteiger partial charge < -0.3 is 19.2 Å². The SMILES string of the molecule is CCOc1ccc([C@@H](C(=O)NC2CCCCC2)N(C(=O)c2ccco2)c2ccccc2OC)cc1. The van der Waals surface area contributed by atoms with E-state index >= 15 is 0 Å². The molecular weight excluding hydrogens is 444 g/mol. The topological polar surface area (TPSA) is 81.0 Å². The molecule has 1 N–H and O–H groups in total. The van der Waals surface area contributed by atoms with Gasteiger partial charge in [0, 0.05) is 6.04 Å². The van der Waals surface area contributed by atoms with Crippen LogP contribution >= 0.6 is 0 Å². The van der Waals surface area contributed by atoms with Crippen molar-refractivity contribution >= 4 is 17.5 Å². The van der Waals surface area contributed by atoms with Gasteiger partial charge in [-0.2, -0.15) is 0 Å². The van der Waals surface area contributed by atoms with Gasteiger partial charge in [-0.05, 0) is 61.7 Å². The van der Waals surface area contributed by atoms with Gasteiger partial charge in [0.15, 0.2) is 5.76 Å². The third-order valence-electron chi connectivity index (χ3n) is 6.26. The lowest BCUT2D eigenvalue weighted by Gasteiger charge is -2.33. The number of rotatable bonds is 9. The van der Waals surface area contributed by atoms with E-state index in [-0.39, 0.29) is 17.7 Å². The normalized spacial score (nSPS) is 14.7. The number of nitrogens with one attached hydrogen (secondary N) is 1. The number of amides is 2. The molecule has 2 aromatic carbocycles. The molecule has 1 atom stereocenters. The van der Waals surface area contributed by atoms with Gasteiger partial charge in [0.1, 0.15) is 17.5 Å². The van der Waals surface area contributed by atoms with E-state index in [4.69, 9.17) is 13.9 Å². The van der Waals surface area contributed by atoms with Crippen LogP contribution in [0, 0.1) is 0 Å². The molecule has 3 aromatic rings. The van der Waals surface area contributed by atoms with Crippen LogP contribution < -0.4 is 19.7 Å². The van der Waals surface area contributed by atoms with Crippen LogP contribution in [0.5, 0.6) is 11.5 Å². The molecule has 0 aliphatic heterocycles. The predicted octanol–water partition coefficient (Wildman–Crippen LogP) is 5.52. The third kappa shape index (κ3) is 5.67. The minimum atomic E-state index is -0.943. The number of ether oxygens (including phenoxy) is 2. The molecule has 0 radical (unpaired) electrons. The fourth-order valence-electron chi connectivity index (χ4n) is 4.57. The molecule has 184 valence electrons. The second kappa shape index (κ2) is 11.6. The molecule has 35 heavy (non-hydrogen) atoms. The first-order valence-corrected chi connectivity index (χ1v) is 12.2. The van der Waals surface area contributed by atoms with Crippen molar-refractivity contribution in [3.63, 3.8) is 0 Å². The van der Waals surface area contributed by atoms with Gasteiger partial charge in [-0.1, -0.05) is 43.5 Å². The Morgan fingerprint density at radius 1 is 1.03 bits per heavy atom. The van der Waals surface area contributed by atoms with Gasteiger partial charge in [-0.25, -0.2) is 0 Å². The van der Waals surface area contributed by atoms with Crippen molar-refractivity contribution in [2.24, 2.45) is 0 Å². The molecule has 1 aliphatic carbocycles. The standard InChI is InChI=1S/C28H32N2O5/c1-3-34-22-17-15-20(16-18-22)26(27(31)29-21-10-5-4-6-11-21)30(28(32)25-14-9-19-35-25)23-12-7-8-13-24(23)33-2/h7-9,12-19,21,26H,3-6,10-11H2,1-2H3,(H,29,31)/t26-/m0/s1. The summed E-state index contributed by atoms with van der Waals surface area (Å²) in [6.07, 6.45) is 6.66. The largest absolute Gasteiger partial charge is 0.495 e. The number of para-hydroxylation sites is 2. The van der Waals surface area contributed by atoms with Crippen LogP contribution in [0.2, 0.25) is 0 Å². The molecule has 7 nitrogen and oxygen atoms in total. The number of methoxy groups -OCH3 is 1. The molecule has 1 aliphatic rings. The van der Waals surface area contributed by atoms with E-state index in [0.717, 1.165) is 25.7 Å². The zero-order valence-electron chi connectivity index (χ0n) is 20.2. The van der Waals surface area contributed by atoms with Gasteiger partial charge in [-0.15, -0.1) is 0 Å². The summed E-state index contributed by atoms with van der Waals surface area (Å²) < 4.78 is 16.6. The molecule has 0 spiro atoms. The summed E-state index contributed by atoms with van der Waals surface area (Å²) in [6.45, 7) is 2.45. The first-order chi connectivity index (χ1) is 17.1. The summed E-state index contributed by atoms with van der Waals surface area (Å²) in [6, 6.07) is 16.9. The fraction of sp³-hybridized carbons (Fsp3) is 0.357. The Labute approximate surface area is 206 Å². The van der Waals surface area contributed by atoms with E-state index in [9.17, 15) is 9.59 Å². The number of hydrogen-bond donors (Lipinski definition) is 1. The van der Waals surface area contributed by atoms with E-state index in [1.54, 1.807) is 31.4 Å². The highest BCUT2D eigenvalue weighted by molar-refractivity contribution is 6.09. The van der Waals surface area contributed by atoms with Crippen molar-refractivity contribution in [2.75, 3.05) is 18.6 Å². The lowest BCUT2D eigenvalue weighted by Crippen LogP contribution is -2.47. The monoisotopic (exact) mass is 476 g/mol. The van der Waals surface area contributed by atoms with E-state index in [1.165, 1.54) is 17.6 Å². The smallest absolute Gasteiger partial charge is 0.295 e. The van der Waals surface area contributed by atoms with Gasteiger partial charge in [0.2, 0.25) is 5.91 Å². The average molecular weight is 477 g/mol. The Kier molecular flexibility index (Phi) is 8.08. The number of carbonyl (C=O) groups is 2. The molecule has 1 saturated carbocycles. The molecule has 1 fully saturated rings. The number of carbonyl (C=O) groups excluding carboxylic acids is 2. The minimum absolute atomic E-state index is 0.0830. The molecule has 0 bridgehead atoms. The lowest BCUT2D eigenvalue weighted by atomic mass is 9.94. The van der Waals surface area contributed by atoms with Crippen molar-refractivity contribution in [1.82, 2.24) is 5.32 Å². The van der Waals surface area contributed by atoms with Crippen LogP contribution in [0.25, 0.3) is 0 Å². The van der Waals surface area contributed by atoms with Crippen LogP contribution in [0.3, 0.4) is 0 Å². The van der Waals surface area contributed by atoms with E-state index in [2.05, 4.69) is 5.32 Å². The summed E-state index contributed by atoms with van der Waals surface area (Å²) in [4.78, 5) is 29.2. The van der Waals surface area contributed by atoms with E-state index in [0.29, 0.717) is 29.4 Å². The van der Waals surface area contributed by atoms with Crippen molar-refractivity contribution in [3.8, 4) is 11.5 Å². The van der Waals surface area contributed by atoms with Crippen molar-refractivity contribution < 1.29 is 23.5 Å². The van der Waals surface area contributed by atoms with Gasteiger partial charge in [-0.3, -0.25) is 14.5 Å². The number of anilines is 1. The number of furan rings is 1. The number of hydrogen-bond acceptors (Lipinski definition) is 5. The van der Waals surface area contributed by atoms with Crippen LogP contribution in [0.1, 0.15) is 61.2 Å². The molecule has 4 rings (SSSR count). The highest BCUT2D eigenvalue weighted by atomic mass is 16.5. The number of nitrogens with zero attached hydrogens (tertiary/aromatic N) is 1. The summed E-state index contributed by atoms with van der Waals surface area (Å²) in [7, 11) is 1.54. The predicted molar refractivity (Wildman–Crippen MR) is 134 cm³/mol. The lowest BCUT2D eigenvalue weighted by molar-refractivity contribution is -0.123. The Morgan fingerprint density at radius 3 is 2.43 bits per heavy atom. The van der Waals surface area contributed by atoms with Gasteiger partial charge in [0.25, 0.3) is 5.91 Å². The minimum Gasteiger partial charge on any atom is -0.495 e. The molecule has 7 heteroatoms. The van der Waals surface area contributed by atoms with Crippen LogP contribution in [-0.2, 0) is 4.79 Å². The second-order valence-electron chi connectivity index (χ2n) is 8.57. The van der Waals surface area contributed by atoms with Gasteiger partial charge in [0.05, 0.1) is 25.7 Å². The van der Waals surface area contributed by atoms with Crippen LogP contribution in [-0.4, -0.2) is 31.6 Å². The van der Waals surface area contributed by atoms with Crippen molar-refractivity contribution in [2.45, 2.75) is 51.1 Å². The molecule has 1 aromatic heterocycles. The molecule has 1 heterocycles. The maximum Gasteiger partial charge on any atom is 0.295 e. The fourth-order valence-corrected chi connectivity index (χ4v) is 4.57. The highest BCUT2D eigenvalue weighted by Gasteiger charge is 2.37. The zero-order valence-corrected chi connectivity index (χ0v) is 20.2.